The van der Waals surface area contributed by atoms with Gasteiger partial charge in [0.25, 0.3) is 11.8 Å². The number of piperazine rings is 1. The van der Waals surface area contributed by atoms with Gasteiger partial charge >= 0.3 is 0 Å². The van der Waals surface area contributed by atoms with Gasteiger partial charge in [-0.15, -0.1) is 0 Å². The van der Waals surface area contributed by atoms with Crippen LogP contribution in [0.3, 0.4) is 0 Å². The number of pyridine rings is 1. The highest BCUT2D eigenvalue weighted by molar-refractivity contribution is 6.10. The average Bonchev–Trinajstić information content (AvgIpc) is 3.45. The van der Waals surface area contributed by atoms with Crippen molar-refractivity contribution in [3.05, 3.63) is 71.2 Å². The van der Waals surface area contributed by atoms with E-state index in [0.717, 1.165) is 43.0 Å². The molecule has 9 heteroatoms. The Hall–Kier alpha value is -3.69. The van der Waals surface area contributed by atoms with Gasteiger partial charge < -0.3 is 24.7 Å². The van der Waals surface area contributed by atoms with Crippen LogP contribution in [0.5, 0.6) is 0 Å². The summed E-state index contributed by atoms with van der Waals surface area (Å²) in [5, 5.41) is 6.22. The molecule has 4 heterocycles. The lowest BCUT2D eigenvalue weighted by atomic mass is 10.1. The first-order valence-electron chi connectivity index (χ1n) is 10.9. The summed E-state index contributed by atoms with van der Waals surface area (Å²) in [6.07, 6.45) is 3.35. The summed E-state index contributed by atoms with van der Waals surface area (Å²) in [6.45, 7) is 4.30. The second kappa shape index (κ2) is 9.05. The molecule has 2 aliphatic heterocycles. The molecule has 2 amide bonds. The fourth-order valence-corrected chi connectivity index (χ4v) is 4.23. The number of hydrogen-bond acceptors (Lipinski definition) is 7. The largest absolute Gasteiger partial charge is 0.435 e. The van der Waals surface area contributed by atoms with Crippen LogP contribution >= 0.6 is 0 Å². The number of carbonyl (C=O) groups is 2. The van der Waals surface area contributed by atoms with Crippen molar-refractivity contribution in [1.29, 1.82) is 0 Å². The molecule has 0 unspecified atom stereocenters. The summed E-state index contributed by atoms with van der Waals surface area (Å²) >= 11 is 0. The van der Waals surface area contributed by atoms with Crippen LogP contribution in [0.2, 0.25) is 0 Å². The minimum absolute atomic E-state index is 0.129. The van der Waals surface area contributed by atoms with E-state index in [1.54, 1.807) is 31.6 Å². The molecular formula is C24H25N5O4. The van der Waals surface area contributed by atoms with E-state index in [0.29, 0.717) is 30.3 Å². The van der Waals surface area contributed by atoms with Gasteiger partial charge in [0.1, 0.15) is 0 Å². The lowest BCUT2D eigenvalue weighted by Gasteiger charge is -2.30. The van der Waals surface area contributed by atoms with Crippen molar-refractivity contribution in [2.75, 3.05) is 48.4 Å². The first kappa shape index (κ1) is 21.2. The number of aromatic nitrogens is 1. The lowest BCUT2D eigenvalue weighted by Crippen LogP contribution is -2.43. The van der Waals surface area contributed by atoms with Crippen LogP contribution in [-0.2, 0) is 17.9 Å². The number of ether oxygens (including phenoxy) is 1. The lowest BCUT2D eigenvalue weighted by molar-refractivity contribution is 0.0975. The summed E-state index contributed by atoms with van der Waals surface area (Å²) in [5.41, 5.74) is 4.02. The fourth-order valence-electron chi connectivity index (χ4n) is 4.23. The van der Waals surface area contributed by atoms with Gasteiger partial charge in [-0.05, 0) is 29.3 Å². The molecule has 9 nitrogen and oxygen atoms in total. The second-order valence-electron chi connectivity index (χ2n) is 8.04. The van der Waals surface area contributed by atoms with E-state index in [1.807, 2.05) is 24.3 Å². The monoisotopic (exact) mass is 447 g/mol. The number of methoxy groups -OCH3 is 1. The van der Waals surface area contributed by atoms with Crippen molar-refractivity contribution < 1.29 is 18.7 Å². The number of furan rings is 1. The molecule has 3 aromatic rings. The van der Waals surface area contributed by atoms with Gasteiger partial charge in [-0.3, -0.25) is 19.5 Å². The molecule has 0 atom stereocenters. The zero-order valence-electron chi connectivity index (χ0n) is 18.3. The summed E-state index contributed by atoms with van der Waals surface area (Å²) in [4.78, 5) is 33.8. The maximum Gasteiger partial charge on any atom is 0.291 e. The van der Waals surface area contributed by atoms with Gasteiger partial charge in [-0.25, -0.2) is 0 Å². The highest BCUT2D eigenvalue weighted by Crippen LogP contribution is 2.31. The first-order valence-corrected chi connectivity index (χ1v) is 10.9. The Balaban J connectivity index is 1.31. The van der Waals surface area contributed by atoms with Crippen LogP contribution in [0.1, 0.15) is 32.0 Å². The number of hydrogen-bond donors (Lipinski definition) is 2. The van der Waals surface area contributed by atoms with E-state index in [-0.39, 0.29) is 11.7 Å². The quantitative estimate of drug-likeness (QED) is 0.599. The second-order valence-corrected chi connectivity index (χ2v) is 8.04. The SMILES string of the molecule is COCc1ccc2c(c1)C(=O)N(c1ccc(C(=O)Nc3cnccc3N3CCNCC3)o1)C2. The van der Waals surface area contributed by atoms with E-state index in [4.69, 9.17) is 9.15 Å². The van der Waals surface area contributed by atoms with Crippen LogP contribution in [-0.4, -0.2) is 50.1 Å². The van der Waals surface area contributed by atoms with Gasteiger partial charge in [-0.2, -0.15) is 0 Å². The van der Waals surface area contributed by atoms with E-state index in [2.05, 4.69) is 20.5 Å². The Bertz CT molecular complexity index is 1190. The van der Waals surface area contributed by atoms with Crippen molar-refractivity contribution in [1.82, 2.24) is 10.3 Å². The van der Waals surface area contributed by atoms with Crippen LogP contribution in [0, 0.1) is 0 Å². The summed E-state index contributed by atoms with van der Waals surface area (Å²) in [6, 6.07) is 10.8. The van der Waals surface area contributed by atoms with E-state index >= 15 is 0 Å². The molecule has 0 radical (unpaired) electrons. The van der Waals surface area contributed by atoms with Crippen LogP contribution in [0.15, 0.2) is 53.2 Å². The van der Waals surface area contributed by atoms with Crippen LogP contribution < -0.4 is 20.4 Å². The fraction of sp³-hybridized carbons (Fsp3) is 0.292. The number of carbonyl (C=O) groups excluding carboxylic acids is 2. The number of rotatable bonds is 6. The van der Waals surface area contributed by atoms with Crippen molar-refractivity contribution in [3.63, 3.8) is 0 Å². The number of fused-ring (bicyclic) bond motifs is 1. The maximum absolute atomic E-state index is 12.9. The number of benzene rings is 1. The number of amides is 2. The van der Waals surface area contributed by atoms with Crippen molar-refractivity contribution in [3.8, 4) is 0 Å². The van der Waals surface area contributed by atoms with Gasteiger partial charge in [0.15, 0.2) is 5.76 Å². The third-order valence-electron chi connectivity index (χ3n) is 5.87. The van der Waals surface area contributed by atoms with Gasteiger partial charge in [0, 0.05) is 51.1 Å². The summed E-state index contributed by atoms with van der Waals surface area (Å²) in [7, 11) is 1.62. The molecule has 0 bridgehead atoms. The molecule has 1 saturated heterocycles. The molecule has 0 spiro atoms. The molecular weight excluding hydrogens is 422 g/mol. The van der Waals surface area contributed by atoms with Crippen molar-refractivity contribution >= 4 is 29.1 Å². The highest BCUT2D eigenvalue weighted by atomic mass is 16.5. The Morgan fingerprint density at radius 1 is 1.21 bits per heavy atom. The third kappa shape index (κ3) is 4.20. The Labute approximate surface area is 191 Å². The van der Waals surface area contributed by atoms with Crippen molar-refractivity contribution in [2.24, 2.45) is 0 Å². The van der Waals surface area contributed by atoms with E-state index < -0.39 is 5.91 Å². The Kier molecular flexibility index (Phi) is 5.80. The summed E-state index contributed by atoms with van der Waals surface area (Å²) < 4.78 is 11.0. The zero-order valence-corrected chi connectivity index (χ0v) is 18.3. The minimum atomic E-state index is -0.392. The zero-order chi connectivity index (χ0) is 22.8. The molecule has 33 heavy (non-hydrogen) atoms. The minimum Gasteiger partial charge on any atom is -0.435 e. The van der Waals surface area contributed by atoms with Gasteiger partial charge in [-0.1, -0.05) is 12.1 Å². The molecule has 2 N–H and O–H groups in total. The Morgan fingerprint density at radius 3 is 2.88 bits per heavy atom. The first-order chi connectivity index (χ1) is 16.1. The van der Waals surface area contributed by atoms with Crippen molar-refractivity contribution in [2.45, 2.75) is 13.2 Å². The number of anilines is 3. The summed E-state index contributed by atoms with van der Waals surface area (Å²) in [5.74, 6) is -0.0817. The van der Waals surface area contributed by atoms with Crippen LogP contribution in [0.4, 0.5) is 17.3 Å². The van der Waals surface area contributed by atoms with E-state index in [9.17, 15) is 9.59 Å². The van der Waals surface area contributed by atoms with Gasteiger partial charge in [0.05, 0.1) is 30.7 Å². The third-order valence-corrected chi connectivity index (χ3v) is 5.87. The van der Waals surface area contributed by atoms with E-state index in [1.165, 1.54) is 4.90 Å². The molecule has 2 aromatic heterocycles. The highest BCUT2D eigenvalue weighted by Gasteiger charge is 2.31. The molecule has 1 aromatic carbocycles. The average molecular weight is 447 g/mol. The number of nitrogens with one attached hydrogen (secondary N) is 2. The molecule has 0 saturated carbocycles. The number of nitrogens with zero attached hydrogens (tertiary/aromatic N) is 3. The smallest absolute Gasteiger partial charge is 0.291 e. The van der Waals surface area contributed by atoms with Crippen LogP contribution in [0.25, 0.3) is 0 Å². The predicted molar refractivity (Wildman–Crippen MR) is 124 cm³/mol. The molecule has 2 aliphatic rings. The molecule has 5 rings (SSSR count). The van der Waals surface area contributed by atoms with Gasteiger partial charge in [0.2, 0.25) is 5.88 Å². The molecule has 1 fully saturated rings. The Morgan fingerprint density at radius 2 is 2.06 bits per heavy atom. The molecule has 0 aliphatic carbocycles. The normalized spacial score (nSPS) is 15.6. The topological polar surface area (TPSA) is 99.9 Å². The molecule has 170 valence electrons. The predicted octanol–water partition coefficient (Wildman–Crippen LogP) is 2.64. The standard InChI is InChI=1S/C24H25N5O4/c1-32-15-16-2-3-17-14-29(24(31)18(17)12-16)22-5-4-21(33-22)23(30)27-19-13-26-7-6-20(19)28-10-8-25-9-11-28/h2-7,12-13,25H,8-11,14-15H2,1H3,(H,27,30). The maximum atomic E-state index is 12.9.